The lowest BCUT2D eigenvalue weighted by Crippen LogP contribution is -2.70. The zero-order chi connectivity index (χ0) is 9.78. The molecule has 0 amide bonds. The van der Waals surface area contributed by atoms with Crippen LogP contribution in [0.15, 0.2) is 0 Å². The van der Waals surface area contributed by atoms with Crippen LogP contribution in [-0.4, -0.2) is 25.7 Å². The molecule has 0 aliphatic heterocycles. The minimum Gasteiger partial charge on any atom is -0.756 e. The molecule has 12 heavy (non-hydrogen) atoms. The molecule has 0 bridgehead atoms. The van der Waals surface area contributed by atoms with E-state index in [9.17, 15) is 19.4 Å². The Labute approximate surface area is 68.7 Å². The predicted molar refractivity (Wildman–Crippen MR) is 32.3 cm³/mol. The molecule has 0 spiro atoms. The molecule has 0 radical (unpaired) electrons. The highest BCUT2D eigenvalue weighted by molar-refractivity contribution is 7.45. The van der Waals surface area contributed by atoms with Crippen LogP contribution in [0.25, 0.3) is 0 Å². The Kier molecular flexibility index (Phi) is 4.36. The molecule has 2 atom stereocenters. The third-order valence-corrected chi connectivity index (χ3v) is 1.90. The first-order valence-electron chi connectivity index (χ1n) is 2.94. The van der Waals surface area contributed by atoms with Gasteiger partial charge in [0.25, 0.3) is 7.82 Å². The first-order valence-corrected chi connectivity index (χ1v) is 4.40. The van der Waals surface area contributed by atoms with E-state index in [0.717, 1.165) is 7.11 Å². The maximum absolute atomic E-state index is 10.5. The Morgan fingerprint density at radius 1 is 1.75 bits per heavy atom. The number of carbonyl (C=O) groups is 1. The normalized spacial score (nSPS) is 18.2. The first-order chi connectivity index (χ1) is 5.39. The highest BCUT2D eigenvalue weighted by Gasteiger charge is 2.12. The number of hydrogen-bond acceptors (Lipinski definition) is 6. The highest BCUT2D eigenvalue weighted by atomic mass is 31.2. The van der Waals surface area contributed by atoms with E-state index < -0.39 is 26.4 Å². The Hall–Kier alpha value is -0.460. The van der Waals surface area contributed by atoms with Crippen molar-refractivity contribution < 1.29 is 34.1 Å². The lowest BCUT2D eigenvalue weighted by molar-refractivity contribution is -0.441. The van der Waals surface area contributed by atoms with Crippen LogP contribution >= 0.6 is 7.82 Å². The zero-order valence-electron chi connectivity index (χ0n) is 6.39. The lowest BCUT2D eigenvalue weighted by atomic mass is 10.3. The van der Waals surface area contributed by atoms with Gasteiger partial charge in [0.15, 0.2) is 0 Å². The van der Waals surface area contributed by atoms with Crippen molar-refractivity contribution in [3.63, 3.8) is 0 Å². The molecule has 0 saturated carbocycles. The molecule has 72 valence electrons. The Morgan fingerprint density at radius 3 is 2.58 bits per heavy atom. The number of rotatable bonds is 5. The number of quaternary nitrogens is 1. The largest absolute Gasteiger partial charge is 0.756 e. The minimum absolute atomic E-state index is 0.586. The molecule has 0 aromatic carbocycles. The summed E-state index contributed by atoms with van der Waals surface area (Å²) in [6.07, 6.45) is 0. The maximum atomic E-state index is 10.5. The van der Waals surface area contributed by atoms with Crippen LogP contribution in [0.2, 0.25) is 0 Å². The Bertz CT molecular complexity index is 206. The molecule has 0 fully saturated rings. The number of carboxylic acids is 1. The molecule has 0 saturated heterocycles. The van der Waals surface area contributed by atoms with E-state index in [2.05, 4.69) is 14.8 Å². The summed E-state index contributed by atoms with van der Waals surface area (Å²) in [5.74, 6) is -1.48. The van der Waals surface area contributed by atoms with Crippen molar-refractivity contribution in [2.45, 2.75) is 6.04 Å². The molecule has 0 heterocycles. The van der Waals surface area contributed by atoms with Gasteiger partial charge in [0.1, 0.15) is 18.6 Å². The van der Waals surface area contributed by atoms with Gasteiger partial charge in [-0.2, -0.15) is 0 Å². The van der Waals surface area contributed by atoms with Crippen LogP contribution in [0.5, 0.6) is 0 Å². The molecular formula is C4H9NO6P-. The molecule has 2 unspecified atom stereocenters. The monoisotopic (exact) mass is 198 g/mol. The van der Waals surface area contributed by atoms with Crippen molar-refractivity contribution in [1.82, 2.24) is 0 Å². The average Bonchev–Trinajstić information content (AvgIpc) is 2.00. The smallest absolute Gasteiger partial charge is 0.267 e. The molecule has 0 aromatic heterocycles. The van der Waals surface area contributed by atoms with Crippen LogP contribution in [-0.2, 0) is 18.4 Å². The number of phosphoric ester groups is 1. The Balaban J connectivity index is 3.83. The third kappa shape index (κ3) is 4.42. The summed E-state index contributed by atoms with van der Waals surface area (Å²) in [5.41, 5.74) is 3.07. The van der Waals surface area contributed by atoms with Crippen LogP contribution < -0.4 is 15.7 Å². The van der Waals surface area contributed by atoms with Crippen molar-refractivity contribution in [2.24, 2.45) is 0 Å². The predicted octanol–water partition coefficient (Wildman–Crippen LogP) is -3.52. The number of aliphatic carboxylic acids is 1. The maximum Gasteiger partial charge on any atom is 0.267 e. The zero-order valence-corrected chi connectivity index (χ0v) is 7.28. The molecule has 0 rings (SSSR count). The van der Waals surface area contributed by atoms with Crippen molar-refractivity contribution in [3.05, 3.63) is 0 Å². The lowest BCUT2D eigenvalue weighted by Gasteiger charge is -2.21. The summed E-state index contributed by atoms with van der Waals surface area (Å²) in [5, 5.41) is 10.0. The summed E-state index contributed by atoms with van der Waals surface area (Å²) < 4.78 is 18.5. The SMILES string of the molecule is COP(=O)([O-])OCC([NH3+])C(=O)[O-]. The van der Waals surface area contributed by atoms with E-state index in [-0.39, 0.29) is 0 Å². The fourth-order valence-corrected chi connectivity index (χ4v) is 0.770. The Morgan fingerprint density at radius 2 is 2.25 bits per heavy atom. The van der Waals surface area contributed by atoms with E-state index in [1.807, 2.05) is 0 Å². The van der Waals surface area contributed by atoms with Gasteiger partial charge in [-0.3, -0.25) is 4.57 Å². The second kappa shape index (κ2) is 4.54. The molecular weight excluding hydrogens is 189 g/mol. The van der Waals surface area contributed by atoms with Gasteiger partial charge in [0.05, 0.1) is 0 Å². The quantitative estimate of drug-likeness (QED) is 0.456. The number of carboxylic acid groups (broad SMARTS) is 1. The van der Waals surface area contributed by atoms with E-state index in [4.69, 9.17) is 0 Å². The number of phosphoric acid groups is 1. The number of carbonyl (C=O) groups excluding carboxylic acids is 1. The van der Waals surface area contributed by atoms with Gasteiger partial charge in [0, 0.05) is 7.11 Å². The standard InChI is InChI=1S/C4H10NO6P/c1-10-12(8,9)11-2-3(5)4(6)7/h3H,2,5H2,1H3,(H,6,7)(H,8,9)/p-1. The third-order valence-electron chi connectivity index (χ3n) is 0.991. The van der Waals surface area contributed by atoms with E-state index in [1.165, 1.54) is 0 Å². The second-order valence-corrected chi connectivity index (χ2v) is 3.46. The first kappa shape index (κ1) is 11.5. The van der Waals surface area contributed by atoms with Crippen molar-refractivity contribution in [2.75, 3.05) is 13.7 Å². The molecule has 0 aliphatic rings. The van der Waals surface area contributed by atoms with Gasteiger partial charge < -0.3 is 29.6 Å². The molecule has 8 heteroatoms. The second-order valence-electron chi connectivity index (χ2n) is 1.94. The van der Waals surface area contributed by atoms with E-state index in [0.29, 0.717) is 0 Å². The topological polar surface area (TPSA) is 126 Å². The van der Waals surface area contributed by atoms with Gasteiger partial charge in [0.2, 0.25) is 0 Å². The van der Waals surface area contributed by atoms with Gasteiger partial charge >= 0.3 is 0 Å². The van der Waals surface area contributed by atoms with Crippen molar-refractivity contribution in [3.8, 4) is 0 Å². The van der Waals surface area contributed by atoms with Crippen LogP contribution in [0.4, 0.5) is 0 Å². The van der Waals surface area contributed by atoms with Crippen molar-refractivity contribution in [1.29, 1.82) is 0 Å². The highest BCUT2D eigenvalue weighted by Crippen LogP contribution is 2.36. The summed E-state index contributed by atoms with van der Waals surface area (Å²) in [4.78, 5) is 20.5. The molecule has 0 aromatic rings. The van der Waals surface area contributed by atoms with E-state index in [1.54, 1.807) is 0 Å². The van der Waals surface area contributed by atoms with Gasteiger partial charge in [-0.15, -0.1) is 0 Å². The fourth-order valence-electron chi connectivity index (χ4n) is 0.302. The molecule has 0 aliphatic carbocycles. The van der Waals surface area contributed by atoms with Crippen LogP contribution in [0, 0.1) is 0 Å². The molecule has 7 nitrogen and oxygen atoms in total. The average molecular weight is 198 g/mol. The van der Waals surface area contributed by atoms with E-state index >= 15 is 0 Å². The summed E-state index contributed by atoms with van der Waals surface area (Å²) in [7, 11) is -3.44. The molecule has 3 N–H and O–H groups in total. The minimum atomic E-state index is -4.35. The van der Waals surface area contributed by atoms with Gasteiger partial charge in [-0.05, 0) is 0 Å². The fraction of sp³-hybridized carbons (Fsp3) is 0.750. The number of hydrogen-bond donors (Lipinski definition) is 1. The van der Waals surface area contributed by atoms with Gasteiger partial charge in [-0.1, -0.05) is 0 Å². The van der Waals surface area contributed by atoms with Crippen LogP contribution in [0.1, 0.15) is 0 Å². The summed E-state index contributed by atoms with van der Waals surface area (Å²) in [6, 6.07) is -1.23. The summed E-state index contributed by atoms with van der Waals surface area (Å²) in [6.45, 7) is -0.586. The van der Waals surface area contributed by atoms with Gasteiger partial charge in [-0.25, -0.2) is 0 Å². The van der Waals surface area contributed by atoms with Crippen LogP contribution in [0.3, 0.4) is 0 Å². The van der Waals surface area contributed by atoms with Crippen molar-refractivity contribution >= 4 is 13.8 Å². The summed E-state index contributed by atoms with van der Waals surface area (Å²) >= 11 is 0.